The molecule has 2 atom stereocenters. The summed E-state index contributed by atoms with van der Waals surface area (Å²) in [5.41, 5.74) is 25.7. The van der Waals surface area contributed by atoms with Gasteiger partial charge < -0.3 is 38.3 Å². The lowest BCUT2D eigenvalue weighted by Gasteiger charge is -2.22. The largest absolute Gasteiger partial charge is 0.493 e. The Labute approximate surface area is 202 Å². The summed E-state index contributed by atoms with van der Waals surface area (Å²) in [6.07, 6.45) is 7.95. The van der Waals surface area contributed by atoms with E-state index < -0.39 is 0 Å². The van der Waals surface area contributed by atoms with E-state index in [0.717, 1.165) is 76.8 Å². The predicted molar refractivity (Wildman–Crippen MR) is 142 cm³/mol. The van der Waals surface area contributed by atoms with Gasteiger partial charge in [0.2, 0.25) is 0 Å². The maximum Gasteiger partial charge on any atom is 0.119 e. The van der Waals surface area contributed by atoms with E-state index in [1.54, 1.807) is 0 Å². The zero-order valence-electron chi connectivity index (χ0n) is 21.3. The molecule has 0 aliphatic carbocycles. The number of ether oxygens (including phenoxy) is 1. The molecule has 1 aromatic rings. The number of rotatable bonds is 21. The molecule has 0 saturated heterocycles. The summed E-state index contributed by atoms with van der Waals surface area (Å²) in [4.78, 5) is 0. The normalized spacial score (nSPS) is 13.4. The molecule has 1 aromatic carbocycles. The van der Waals surface area contributed by atoms with Crippen LogP contribution in [-0.2, 0) is 12.8 Å². The fourth-order valence-corrected chi connectivity index (χ4v) is 4.13. The lowest BCUT2D eigenvalue weighted by molar-refractivity contribution is 0.240. The van der Waals surface area contributed by atoms with Crippen LogP contribution in [0.2, 0.25) is 0 Å². The molecule has 33 heavy (non-hydrogen) atoms. The monoisotopic (exact) mass is 464 g/mol. The zero-order chi connectivity index (χ0) is 24.3. The van der Waals surface area contributed by atoms with E-state index in [1.165, 1.54) is 11.1 Å². The summed E-state index contributed by atoms with van der Waals surface area (Å²) in [7, 11) is 0. The van der Waals surface area contributed by atoms with Gasteiger partial charge in [-0.2, -0.15) is 0 Å². The molecule has 0 bridgehead atoms. The van der Waals surface area contributed by atoms with E-state index in [-0.39, 0.29) is 0 Å². The van der Waals surface area contributed by atoms with Gasteiger partial charge in [-0.05, 0) is 107 Å². The highest BCUT2D eigenvalue weighted by molar-refractivity contribution is 5.35. The average molecular weight is 465 g/mol. The maximum absolute atomic E-state index is 6.29. The minimum Gasteiger partial charge on any atom is -0.493 e. The van der Waals surface area contributed by atoms with Crippen LogP contribution < -0.4 is 38.3 Å². The smallest absolute Gasteiger partial charge is 0.119 e. The first kappa shape index (κ1) is 29.8. The maximum atomic E-state index is 6.29. The van der Waals surface area contributed by atoms with E-state index in [4.69, 9.17) is 27.7 Å². The summed E-state index contributed by atoms with van der Waals surface area (Å²) in [5, 5.41) is 7.26. The van der Waals surface area contributed by atoms with Gasteiger partial charge in [0.15, 0.2) is 0 Å². The van der Waals surface area contributed by atoms with Crippen LogP contribution in [0.15, 0.2) is 18.2 Å². The molecule has 192 valence electrons. The van der Waals surface area contributed by atoms with Gasteiger partial charge in [0.25, 0.3) is 0 Å². The molecule has 0 aliphatic rings. The van der Waals surface area contributed by atoms with Crippen molar-refractivity contribution in [1.82, 2.24) is 10.6 Å². The number of nitrogens with one attached hydrogen (secondary N) is 2. The van der Waals surface area contributed by atoms with Crippen molar-refractivity contribution in [2.24, 2.45) is 28.9 Å². The van der Waals surface area contributed by atoms with Gasteiger partial charge in [0, 0.05) is 12.1 Å². The molecule has 0 saturated carbocycles. The molecule has 0 spiro atoms. The van der Waals surface area contributed by atoms with Crippen molar-refractivity contribution in [3.05, 3.63) is 29.3 Å². The molecule has 7 heteroatoms. The van der Waals surface area contributed by atoms with Crippen molar-refractivity contribution in [3.63, 3.8) is 0 Å². The van der Waals surface area contributed by atoms with Crippen molar-refractivity contribution in [3.8, 4) is 5.75 Å². The van der Waals surface area contributed by atoms with Crippen molar-refractivity contribution >= 4 is 0 Å². The molecule has 0 heterocycles. The van der Waals surface area contributed by atoms with Gasteiger partial charge in [0.05, 0.1) is 6.61 Å². The second-order valence-corrected chi connectivity index (χ2v) is 9.13. The lowest BCUT2D eigenvalue weighted by Crippen LogP contribution is -2.35. The van der Waals surface area contributed by atoms with Gasteiger partial charge in [-0.15, -0.1) is 0 Å². The topological polar surface area (TPSA) is 137 Å². The van der Waals surface area contributed by atoms with Crippen LogP contribution in [-0.4, -0.2) is 58.0 Å². The van der Waals surface area contributed by atoms with Crippen LogP contribution in [0.3, 0.4) is 0 Å². The molecule has 1 rings (SSSR count). The average Bonchev–Trinajstić information content (AvgIpc) is 2.80. The third-order valence-corrected chi connectivity index (χ3v) is 6.29. The standard InChI is InChI=1S/C26H52N6O/c1-3-21(4-2)20-33-26-18-22(16-24(7-11-29)31-13-5-9-27)15-23(19-26)17-25(8-12-30)32-14-6-10-28/h15,18-19,21,24-25,31-32H,3-14,16-17,20,27-30H2,1-2H3. The quantitative estimate of drug-likeness (QED) is 0.153. The van der Waals surface area contributed by atoms with Gasteiger partial charge in [-0.1, -0.05) is 32.8 Å². The first-order valence-electron chi connectivity index (χ1n) is 13.1. The second kappa shape index (κ2) is 19.1. The highest BCUT2D eigenvalue weighted by atomic mass is 16.5. The third kappa shape index (κ3) is 13.3. The fraction of sp³-hybridized carbons (Fsp3) is 0.769. The Morgan fingerprint density at radius 2 is 1.21 bits per heavy atom. The first-order valence-corrected chi connectivity index (χ1v) is 13.1. The van der Waals surface area contributed by atoms with Gasteiger partial charge in [-0.3, -0.25) is 0 Å². The van der Waals surface area contributed by atoms with E-state index >= 15 is 0 Å². The zero-order valence-corrected chi connectivity index (χ0v) is 21.3. The van der Waals surface area contributed by atoms with Gasteiger partial charge in [0.1, 0.15) is 5.75 Å². The molecule has 0 radical (unpaired) electrons. The SMILES string of the molecule is CCC(CC)COc1cc(CC(CCN)NCCCN)cc(CC(CCN)NCCCN)c1. The number of nitrogens with two attached hydrogens (primary N) is 4. The number of benzene rings is 1. The minimum atomic E-state index is 0.339. The van der Waals surface area contributed by atoms with E-state index in [9.17, 15) is 0 Å². The molecule has 10 N–H and O–H groups in total. The van der Waals surface area contributed by atoms with E-state index in [0.29, 0.717) is 44.2 Å². The fourth-order valence-electron chi connectivity index (χ4n) is 4.13. The Kier molecular flexibility index (Phi) is 17.3. The molecule has 2 unspecified atom stereocenters. The molecular formula is C26H52N6O. The highest BCUT2D eigenvalue weighted by Crippen LogP contribution is 2.22. The predicted octanol–water partition coefficient (Wildman–Crippen LogP) is 1.90. The third-order valence-electron chi connectivity index (χ3n) is 6.29. The highest BCUT2D eigenvalue weighted by Gasteiger charge is 2.14. The number of hydrogen-bond acceptors (Lipinski definition) is 7. The molecule has 7 nitrogen and oxygen atoms in total. The first-order chi connectivity index (χ1) is 16.1. The second-order valence-electron chi connectivity index (χ2n) is 9.13. The molecule has 0 fully saturated rings. The molecule has 0 aliphatic heterocycles. The van der Waals surface area contributed by atoms with Crippen molar-refractivity contribution in [2.75, 3.05) is 45.9 Å². The van der Waals surface area contributed by atoms with Crippen molar-refractivity contribution in [1.29, 1.82) is 0 Å². The van der Waals surface area contributed by atoms with Gasteiger partial charge >= 0.3 is 0 Å². The minimum absolute atomic E-state index is 0.339. The summed E-state index contributed by atoms with van der Waals surface area (Å²) < 4.78 is 6.29. The summed E-state index contributed by atoms with van der Waals surface area (Å²) >= 11 is 0. The molecular weight excluding hydrogens is 412 g/mol. The van der Waals surface area contributed by atoms with Crippen LogP contribution in [0.5, 0.6) is 5.75 Å². The number of hydrogen-bond donors (Lipinski definition) is 6. The van der Waals surface area contributed by atoms with Crippen LogP contribution in [0.25, 0.3) is 0 Å². The Morgan fingerprint density at radius 1 is 0.727 bits per heavy atom. The summed E-state index contributed by atoms with van der Waals surface area (Å²) in [6, 6.07) is 7.42. The van der Waals surface area contributed by atoms with Gasteiger partial charge in [-0.25, -0.2) is 0 Å². The summed E-state index contributed by atoms with van der Waals surface area (Å²) in [5.74, 6) is 1.55. The molecule has 0 amide bonds. The van der Waals surface area contributed by atoms with E-state index in [2.05, 4.69) is 42.7 Å². The van der Waals surface area contributed by atoms with Crippen LogP contribution in [0.4, 0.5) is 0 Å². The van der Waals surface area contributed by atoms with Crippen LogP contribution in [0.1, 0.15) is 63.5 Å². The van der Waals surface area contributed by atoms with Crippen LogP contribution >= 0.6 is 0 Å². The van der Waals surface area contributed by atoms with E-state index in [1.807, 2.05) is 0 Å². The Bertz CT molecular complexity index is 556. The Morgan fingerprint density at radius 3 is 1.61 bits per heavy atom. The molecule has 0 aromatic heterocycles. The lowest BCUT2D eigenvalue weighted by atomic mass is 9.96. The van der Waals surface area contributed by atoms with Crippen molar-refractivity contribution in [2.45, 2.75) is 77.3 Å². The van der Waals surface area contributed by atoms with Crippen LogP contribution in [0, 0.1) is 5.92 Å². The summed E-state index contributed by atoms with van der Waals surface area (Å²) in [6.45, 7) is 9.80. The Balaban J connectivity index is 3.02. The Hall–Kier alpha value is -1.22. The van der Waals surface area contributed by atoms with Crippen molar-refractivity contribution < 1.29 is 4.74 Å².